The summed E-state index contributed by atoms with van der Waals surface area (Å²) in [6.45, 7) is 9.72. The molecule has 0 radical (unpaired) electrons. The number of carbonyl (C=O) groups excluding carboxylic acids is 1. The van der Waals surface area contributed by atoms with Crippen molar-refractivity contribution in [3.8, 4) is 5.75 Å². The Kier molecular flexibility index (Phi) is 5.19. The van der Waals surface area contributed by atoms with Gasteiger partial charge in [0, 0.05) is 26.2 Å². The van der Waals surface area contributed by atoms with E-state index in [0.717, 1.165) is 36.0 Å². The SMILES string of the molecule is COCCC(=O)N[C@H]1C(C)(C)[C@@H]2C[C@@H]3[C@@H](c4cc(C)c(O)c(C)c4)OCCC31C2. The molecule has 0 aromatic heterocycles. The number of hydrogen-bond donors (Lipinski definition) is 2. The first-order valence-electron chi connectivity index (χ1n) is 10.9. The highest BCUT2D eigenvalue weighted by atomic mass is 16.5. The van der Waals surface area contributed by atoms with E-state index in [1.165, 1.54) is 0 Å². The van der Waals surface area contributed by atoms with Crippen LogP contribution in [-0.2, 0) is 14.3 Å². The van der Waals surface area contributed by atoms with Crippen molar-refractivity contribution in [3.63, 3.8) is 0 Å². The lowest BCUT2D eigenvalue weighted by Gasteiger charge is -2.53. The molecule has 4 rings (SSSR count). The van der Waals surface area contributed by atoms with Crippen molar-refractivity contribution >= 4 is 5.91 Å². The maximum atomic E-state index is 12.6. The monoisotopic (exact) mass is 401 g/mol. The van der Waals surface area contributed by atoms with Crippen LogP contribution in [0.1, 0.15) is 62.3 Å². The molecule has 2 N–H and O–H groups in total. The Balaban J connectivity index is 1.65. The largest absolute Gasteiger partial charge is 0.507 e. The van der Waals surface area contributed by atoms with Gasteiger partial charge in [-0.2, -0.15) is 0 Å². The lowest BCUT2D eigenvalue weighted by molar-refractivity contribution is -0.137. The molecule has 1 heterocycles. The Morgan fingerprint density at radius 1 is 1.31 bits per heavy atom. The van der Waals surface area contributed by atoms with Gasteiger partial charge in [0.25, 0.3) is 0 Å². The molecule has 29 heavy (non-hydrogen) atoms. The summed E-state index contributed by atoms with van der Waals surface area (Å²) in [6.07, 6.45) is 3.74. The Bertz CT molecular complexity index is 781. The van der Waals surface area contributed by atoms with Crippen molar-refractivity contribution in [2.24, 2.45) is 22.7 Å². The maximum Gasteiger partial charge on any atom is 0.222 e. The van der Waals surface area contributed by atoms with Gasteiger partial charge in [0.15, 0.2) is 0 Å². The normalized spacial score (nSPS) is 34.8. The van der Waals surface area contributed by atoms with Crippen molar-refractivity contribution < 1.29 is 19.4 Å². The fourth-order valence-electron chi connectivity index (χ4n) is 6.70. The average molecular weight is 402 g/mol. The Morgan fingerprint density at radius 2 is 2.00 bits per heavy atom. The standard InChI is InChI=1S/C24H35NO4/c1-14-10-16(11-15(2)20(14)27)21-18-12-17-13-24(18,7-9-29-21)22(23(17,3)4)25-19(26)6-8-28-5/h10-11,17-18,21-22,27H,6-9,12-13H2,1-5H3,(H,25,26)/t17-,18-,21-,22+,24?/m1/s1. The number of rotatable bonds is 5. The predicted molar refractivity (Wildman–Crippen MR) is 112 cm³/mol. The molecule has 2 aliphatic carbocycles. The summed E-state index contributed by atoms with van der Waals surface area (Å²) in [5.41, 5.74) is 3.13. The number of nitrogens with one attached hydrogen (secondary N) is 1. The van der Waals surface area contributed by atoms with E-state index in [0.29, 0.717) is 37.2 Å². The minimum Gasteiger partial charge on any atom is -0.507 e. The third-order valence-electron chi connectivity index (χ3n) is 8.19. The predicted octanol–water partition coefficient (Wildman–Crippen LogP) is 4.04. The summed E-state index contributed by atoms with van der Waals surface area (Å²) in [5, 5.41) is 13.6. The molecule has 1 aliphatic heterocycles. The second-order valence-corrected chi connectivity index (χ2v) is 10.1. The van der Waals surface area contributed by atoms with Gasteiger partial charge >= 0.3 is 0 Å². The molecule has 2 bridgehead atoms. The molecule has 2 saturated carbocycles. The number of fused-ring (bicyclic) bond motifs is 1. The molecule has 5 heteroatoms. The lowest BCUT2D eigenvalue weighted by atomic mass is 9.58. The van der Waals surface area contributed by atoms with Gasteiger partial charge < -0.3 is 19.9 Å². The van der Waals surface area contributed by atoms with Crippen molar-refractivity contribution in [2.75, 3.05) is 20.3 Å². The molecule has 1 aromatic carbocycles. The minimum absolute atomic E-state index is 0.0289. The topological polar surface area (TPSA) is 67.8 Å². The van der Waals surface area contributed by atoms with Crippen LogP contribution in [0.25, 0.3) is 0 Å². The molecule has 3 fully saturated rings. The van der Waals surface area contributed by atoms with E-state index in [9.17, 15) is 9.90 Å². The average Bonchev–Trinajstić information content (AvgIpc) is 3.16. The number of methoxy groups -OCH3 is 1. The second kappa shape index (κ2) is 7.28. The van der Waals surface area contributed by atoms with Gasteiger partial charge in [-0.25, -0.2) is 0 Å². The number of phenols is 1. The molecule has 160 valence electrons. The van der Waals surface area contributed by atoms with Crippen LogP contribution in [0.2, 0.25) is 0 Å². The first-order chi connectivity index (χ1) is 13.7. The third kappa shape index (κ3) is 3.17. The van der Waals surface area contributed by atoms with Crippen LogP contribution in [0.4, 0.5) is 0 Å². The van der Waals surface area contributed by atoms with Crippen molar-refractivity contribution in [2.45, 2.75) is 65.5 Å². The fraction of sp³-hybridized carbons (Fsp3) is 0.708. The number of benzene rings is 1. The van der Waals surface area contributed by atoms with Gasteiger partial charge in [-0.1, -0.05) is 13.8 Å². The van der Waals surface area contributed by atoms with E-state index in [4.69, 9.17) is 9.47 Å². The molecular weight excluding hydrogens is 366 g/mol. The zero-order chi connectivity index (χ0) is 21.0. The molecule has 1 unspecified atom stereocenters. The van der Waals surface area contributed by atoms with Gasteiger partial charge in [-0.05, 0) is 84.6 Å². The van der Waals surface area contributed by atoms with Crippen LogP contribution in [0.5, 0.6) is 5.75 Å². The summed E-state index contributed by atoms with van der Waals surface area (Å²) in [7, 11) is 1.63. The fourth-order valence-corrected chi connectivity index (χ4v) is 6.70. The van der Waals surface area contributed by atoms with E-state index in [1.54, 1.807) is 7.11 Å². The van der Waals surface area contributed by atoms with E-state index in [-0.39, 0.29) is 28.9 Å². The molecule has 5 nitrogen and oxygen atoms in total. The van der Waals surface area contributed by atoms with Gasteiger partial charge in [-0.3, -0.25) is 4.79 Å². The number of carbonyl (C=O) groups is 1. The molecule has 1 aromatic rings. The number of hydrogen-bond acceptors (Lipinski definition) is 4. The molecule has 5 atom stereocenters. The summed E-state index contributed by atoms with van der Waals surface area (Å²) in [6, 6.07) is 4.32. The summed E-state index contributed by atoms with van der Waals surface area (Å²) >= 11 is 0. The third-order valence-corrected chi connectivity index (χ3v) is 8.19. The van der Waals surface area contributed by atoms with Crippen molar-refractivity contribution in [1.29, 1.82) is 0 Å². The molecular formula is C24H35NO4. The lowest BCUT2D eigenvalue weighted by Crippen LogP contribution is -2.59. The van der Waals surface area contributed by atoms with Gasteiger partial charge in [0.2, 0.25) is 5.91 Å². The van der Waals surface area contributed by atoms with Crippen LogP contribution in [0.3, 0.4) is 0 Å². The Morgan fingerprint density at radius 3 is 2.66 bits per heavy atom. The number of aromatic hydroxyl groups is 1. The highest BCUT2D eigenvalue weighted by molar-refractivity contribution is 5.76. The van der Waals surface area contributed by atoms with Crippen molar-refractivity contribution in [1.82, 2.24) is 5.32 Å². The first kappa shape index (κ1) is 20.7. The number of aryl methyl sites for hydroxylation is 2. The Labute approximate surface area is 174 Å². The highest BCUT2D eigenvalue weighted by Crippen LogP contribution is 2.70. The first-order valence-corrected chi connectivity index (χ1v) is 10.9. The smallest absolute Gasteiger partial charge is 0.222 e. The van der Waals surface area contributed by atoms with E-state index in [1.807, 2.05) is 13.8 Å². The zero-order valence-corrected chi connectivity index (χ0v) is 18.4. The maximum absolute atomic E-state index is 12.6. The van der Waals surface area contributed by atoms with Crippen LogP contribution >= 0.6 is 0 Å². The summed E-state index contributed by atoms with van der Waals surface area (Å²) in [5.74, 6) is 1.44. The second-order valence-electron chi connectivity index (χ2n) is 10.1. The minimum atomic E-state index is 0.0289. The van der Waals surface area contributed by atoms with E-state index in [2.05, 4.69) is 31.3 Å². The van der Waals surface area contributed by atoms with E-state index < -0.39 is 0 Å². The van der Waals surface area contributed by atoms with Crippen molar-refractivity contribution in [3.05, 3.63) is 28.8 Å². The number of ether oxygens (including phenoxy) is 2. The van der Waals surface area contributed by atoms with Crippen LogP contribution in [-0.4, -0.2) is 37.4 Å². The van der Waals surface area contributed by atoms with E-state index >= 15 is 0 Å². The highest BCUT2D eigenvalue weighted by Gasteiger charge is 2.68. The molecule has 1 saturated heterocycles. The van der Waals surface area contributed by atoms with Gasteiger partial charge in [0.1, 0.15) is 5.75 Å². The van der Waals surface area contributed by atoms with Crippen LogP contribution in [0.15, 0.2) is 12.1 Å². The molecule has 3 aliphatic rings. The number of phenolic OH excluding ortho intramolecular Hbond substituents is 1. The Hall–Kier alpha value is -1.59. The van der Waals surface area contributed by atoms with Gasteiger partial charge in [0.05, 0.1) is 12.7 Å². The molecule has 1 amide bonds. The van der Waals surface area contributed by atoms with Gasteiger partial charge in [-0.15, -0.1) is 0 Å². The number of amides is 1. The zero-order valence-electron chi connectivity index (χ0n) is 18.4. The van der Waals surface area contributed by atoms with Crippen LogP contribution < -0.4 is 5.32 Å². The molecule has 1 spiro atoms. The van der Waals surface area contributed by atoms with Crippen LogP contribution in [0, 0.1) is 36.5 Å². The summed E-state index contributed by atoms with van der Waals surface area (Å²) in [4.78, 5) is 12.6. The quantitative estimate of drug-likeness (QED) is 0.781. The summed E-state index contributed by atoms with van der Waals surface area (Å²) < 4.78 is 11.4.